The molecule has 19 heavy (non-hydrogen) atoms. The molecule has 0 saturated heterocycles. The van der Waals surface area contributed by atoms with Crippen molar-refractivity contribution in [3.05, 3.63) is 53.6 Å². The number of benzene rings is 1. The van der Waals surface area contributed by atoms with E-state index in [4.69, 9.17) is 0 Å². The minimum Gasteiger partial charge on any atom is -0.334 e. The molecule has 0 aliphatic carbocycles. The van der Waals surface area contributed by atoms with Crippen molar-refractivity contribution in [2.24, 2.45) is 0 Å². The lowest BCUT2D eigenvalue weighted by Gasteiger charge is -2.17. The zero-order chi connectivity index (χ0) is 13.8. The van der Waals surface area contributed by atoms with Crippen LogP contribution in [0.5, 0.6) is 0 Å². The molecule has 0 radical (unpaired) electrons. The molecule has 1 atom stereocenters. The lowest BCUT2D eigenvalue weighted by molar-refractivity contribution is 0.504. The van der Waals surface area contributed by atoms with E-state index in [1.54, 1.807) is 13.2 Å². The van der Waals surface area contributed by atoms with Gasteiger partial charge >= 0.3 is 0 Å². The highest BCUT2D eigenvalue weighted by atomic mass is 19.1. The minimum absolute atomic E-state index is 0.102. The van der Waals surface area contributed by atoms with Crippen LogP contribution in [0.1, 0.15) is 24.4 Å². The van der Waals surface area contributed by atoms with E-state index in [0.717, 1.165) is 18.4 Å². The number of nitrogens with one attached hydrogen (secondary N) is 1. The summed E-state index contributed by atoms with van der Waals surface area (Å²) in [5, 5.41) is 3.13. The van der Waals surface area contributed by atoms with E-state index in [2.05, 4.69) is 10.3 Å². The van der Waals surface area contributed by atoms with Gasteiger partial charge in [-0.25, -0.2) is 13.8 Å². The van der Waals surface area contributed by atoms with Crippen LogP contribution in [-0.4, -0.2) is 16.6 Å². The van der Waals surface area contributed by atoms with E-state index in [1.165, 1.54) is 12.1 Å². The molecule has 0 spiro atoms. The van der Waals surface area contributed by atoms with Crippen LogP contribution in [0.15, 0.2) is 30.6 Å². The Morgan fingerprint density at radius 3 is 2.79 bits per heavy atom. The zero-order valence-electron chi connectivity index (χ0n) is 11.0. The Bertz CT molecular complexity index is 551. The summed E-state index contributed by atoms with van der Waals surface area (Å²) < 4.78 is 28.6. The first-order valence-corrected chi connectivity index (χ1v) is 6.28. The third kappa shape index (κ3) is 2.98. The molecular formula is C14H17F2N3. The largest absolute Gasteiger partial charge is 0.334 e. The maximum absolute atomic E-state index is 13.7. The maximum atomic E-state index is 13.7. The fraction of sp³-hybridized carbons (Fsp3) is 0.357. The summed E-state index contributed by atoms with van der Waals surface area (Å²) in [5.74, 6) is -0.221. The van der Waals surface area contributed by atoms with Crippen molar-refractivity contribution in [1.29, 1.82) is 0 Å². The highest BCUT2D eigenvalue weighted by Crippen LogP contribution is 2.19. The SMILES string of the molecule is CCn1ccnc1C(Cc1ccc(F)cc1F)NC. The van der Waals surface area contributed by atoms with Crippen LogP contribution in [0.2, 0.25) is 0 Å². The predicted molar refractivity (Wildman–Crippen MR) is 69.8 cm³/mol. The minimum atomic E-state index is -0.558. The lowest BCUT2D eigenvalue weighted by atomic mass is 10.0. The molecular weight excluding hydrogens is 248 g/mol. The highest BCUT2D eigenvalue weighted by molar-refractivity contribution is 5.21. The van der Waals surface area contributed by atoms with Gasteiger partial charge in [0.05, 0.1) is 6.04 Å². The number of hydrogen-bond acceptors (Lipinski definition) is 2. The molecule has 0 bridgehead atoms. The first kappa shape index (κ1) is 13.7. The van der Waals surface area contributed by atoms with Gasteiger partial charge in [-0.15, -0.1) is 0 Å². The molecule has 0 amide bonds. The first-order valence-electron chi connectivity index (χ1n) is 6.28. The molecule has 1 aromatic heterocycles. The molecule has 0 saturated carbocycles. The molecule has 1 unspecified atom stereocenters. The van der Waals surface area contributed by atoms with Crippen molar-refractivity contribution in [3.63, 3.8) is 0 Å². The fourth-order valence-electron chi connectivity index (χ4n) is 2.13. The normalized spacial score (nSPS) is 12.6. The average molecular weight is 265 g/mol. The molecule has 5 heteroatoms. The smallest absolute Gasteiger partial charge is 0.129 e. The van der Waals surface area contributed by atoms with Crippen molar-refractivity contribution in [1.82, 2.24) is 14.9 Å². The van der Waals surface area contributed by atoms with Gasteiger partial charge in [0.15, 0.2) is 0 Å². The van der Waals surface area contributed by atoms with E-state index in [1.807, 2.05) is 17.7 Å². The average Bonchev–Trinajstić information content (AvgIpc) is 2.86. The second-order valence-corrected chi connectivity index (χ2v) is 4.35. The summed E-state index contributed by atoms with van der Waals surface area (Å²) in [6.45, 7) is 2.83. The Hall–Kier alpha value is -1.75. The maximum Gasteiger partial charge on any atom is 0.129 e. The van der Waals surface area contributed by atoms with Crippen molar-refractivity contribution in [2.75, 3.05) is 7.05 Å². The summed E-state index contributed by atoms with van der Waals surface area (Å²) in [6, 6.07) is 3.56. The monoisotopic (exact) mass is 265 g/mol. The van der Waals surface area contributed by atoms with Crippen LogP contribution in [0, 0.1) is 11.6 Å². The van der Waals surface area contributed by atoms with Crippen molar-refractivity contribution in [3.8, 4) is 0 Å². The van der Waals surface area contributed by atoms with E-state index >= 15 is 0 Å². The third-order valence-electron chi connectivity index (χ3n) is 3.19. The Kier molecular flexibility index (Phi) is 4.27. The van der Waals surface area contributed by atoms with Gasteiger partial charge in [-0.1, -0.05) is 6.07 Å². The molecule has 1 aromatic carbocycles. The first-order chi connectivity index (χ1) is 9.15. The summed E-state index contributed by atoms with van der Waals surface area (Å²) in [4.78, 5) is 4.31. The van der Waals surface area contributed by atoms with Gasteiger partial charge < -0.3 is 9.88 Å². The molecule has 3 nitrogen and oxygen atoms in total. The molecule has 0 aliphatic heterocycles. The molecule has 2 rings (SSSR count). The number of halogens is 2. The standard InChI is InChI=1S/C14H17F2N3/c1-3-19-7-6-18-14(19)13(17-2)8-10-4-5-11(15)9-12(10)16/h4-7,9,13,17H,3,8H2,1-2H3. The molecule has 1 heterocycles. The van der Waals surface area contributed by atoms with Crippen LogP contribution >= 0.6 is 0 Å². The second-order valence-electron chi connectivity index (χ2n) is 4.35. The predicted octanol–water partition coefficient (Wildman–Crippen LogP) is 2.68. The van der Waals surface area contributed by atoms with Gasteiger partial charge in [0.1, 0.15) is 17.5 Å². The molecule has 1 N–H and O–H groups in total. The van der Waals surface area contributed by atoms with E-state index in [-0.39, 0.29) is 6.04 Å². The number of nitrogens with zero attached hydrogens (tertiary/aromatic N) is 2. The molecule has 102 valence electrons. The van der Waals surface area contributed by atoms with Crippen LogP contribution in [-0.2, 0) is 13.0 Å². The Morgan fingerprint density at radius 2 is 2.16 bits per heavy atom. The summed E-state index contributed by atoms with van der Waals surface area (Å²) in [7, 11) is 1.81. The summed E-state index contributed by atoms with van der Waals surface area (Å²) in [5.41, 5.74) is 0.478. The van der Waals surface area contributed by atoms with E-state index in [9.17, 15) is 8.78 Å². The molecule has 0 fully saturated rings. The van der Waals surface area contributed by atoms with Gasteiger partial charge in [-0.2, -0.15) is 0 Å². The summed E-state index contributed by atoms with van der Waals surface area (Å²) >= 11 is 0. The topological polar surface area (TPSA) is 29.9 Å². The Morgan fingerprint density at radius 1 is 1.37 bits per heavy atom. The van der Waals surface area contributed by atoms with E-state index in [0.29, 0.717) is 12.0 Å². The van der Waals surface area contributed by atoms with Crippen molar-refractivity contribution < 1.29 is 8.78 Å². The van der Waals surface area contributed by atoms with Gasteiger partial charge in [-0.05, 0) is 32.0 Å². The van der Waals surface area contributed by atoms with Crippen LogP contribution in [0.25, 0.3) is 0 Å². The van der Waals surface area contributed by atoms with Gasteiger partial charge in [0, 0.05) is 25.0 Å². The quantitative estimate of drug-likeness (QED) is 0.900. The van der Waals surface area contributed by atoms with Crippen LogP contribution in [0.3, 0.4) is 0 Å². The zero-order valence-corrected chi connectivity index (χ0v) is 11.0. The number of aromatic nitrogens is 2. The molecule has 0 aliphatic rings. The van der Waals surface area contributed by atoms with Gasteiger partial charge in [-0.3, -0.25) is 0 Å². The lowest BCUT2D eigenvalue weighted by Crippen LogP contribution is -2.23. The number of aryl methyl sites for hydroxylation is 1. The fourth-order valence-corrected chi connectivity index (χ4v) is 2.13. The second kappa shape index (κ2) is 5.93. The number of hydrogen-bond donors (Lipinski definition) is 1. The van der Waals surface area contributed by atoms with Crippen molar-refractivity contribution in [2.45, 2.75) is 25.9 Å². The Labute approximate surface area is 111 Å². The van der Waals surface area contributed by atoms with Crippen LogP contribution in [0.4, 0.5) is 8.78 Å². The highest BCUT2D eigenvalue weighted by Gasteiger charge is 2.17. The number of rotatable bonds is 5. The van der Waals surface area contributed by atoms with E-state index < -0.39 is 11.6 Å². The van der Waals surface area contributed by atoms with Crippen molar-refractivity contribution >= 4 is 0 Å². The number of likely N-dealkylation sites (N-methyl/N-ethyl adjacent to an activating group) is 1. The summed E-state index contributed by atoms with van der Waals surface area (Å²) in [6.07, 6.45) is 4.05. The van der Waals surface area contributed by atoms with Crippen LogP contribution < -0.4 is 5.32 Å². The van der Waals surface area contributed by atoms with Gasteiger partial charge in [0.2, 0.25) is 0 Å². The number of imidazole rings is 1. The van der Waals surface area contributed by atoms with Gasteiger partial charge in [0.25, 0.3) is 0 Å². The third-order valence-corrected chi connectivity index (χ3v) is 3.19. The molecule has 2 aromatic rings. The Balaban J connectivity index is 2.24.